The third-order valence-electron chi connectivity index (χ3n) is 5.61. The molecule has 2 aromatic carbocycles. The Bertz CT molecular complexity index is 1280. The first kappa shape index (κ1) is 22.2. The van der Waals surface area contributed by atoms with Crippen molar-refractivity contribution in [3.05, 3.63) is 68.8 Å². The SMILES string of the molecule is O=C(Nc1ccc2nc[nH]c(=O)c2c1)C1CCN(c2ccc(C(F)(F)F)cc2[N+](=O)[O-])CC1. The molecule has 12 heteroatoms. The molecule has 172 valence electrons. The smallest absolute Gasteiger partial charge is 0.366 e. The lowest BCUT2D eigenvalue weighted by Gasteiger charge is -2.32. The van der Waals surface area contributed by atoms with Crippen molar-refractivity contribution in [2.45, 2.75) is 19.0 Å². The number of benzene rings is 2. The van der Waals surface area contributed by atoms with Crippen LogP contribution in [-0.4, -0.2) is 33.9 Å². The van der Waals surface area contributed by atoms with Crippen LogP contribution in [0.4, 0.5) is 30.2 Å². The Balaban J connectivity index is 1.45. The lowest BCUT2D eigenvalue weighted by atomic mass is 9.95. The fourth-order valence-electron chi connectivity index (χ4n) is 3.89. The zero-order chi connectivity index (χ0) is 23.8. The summed E-state index contributed by atoms with van der Waals surface area (Å²) in [5, 5.41) is 14.5. The number of amides is 1. The number of nitro groups is 1. The number of aromatic nitrogens is 2. The summed E-state index contributed by atoms with van der Waals surface area (Å²) in [6.07, 6.45) is -2.67. The fourth-order valence-corrected chi connectivity index (χ4v) is 3.89. The van der Waals surface area contributed by atoms with Gasteiger partial charge < -0.3 is 15.2 Å². The second-order valence-corrected chi connectivity index (χ2v) is 7.67. The molecule has 0 radical (unpaired) electrons. The number of piperidine rings is 1. The van der Waals surface area contributed by atoms with Crippen LogP contribution in [0.5, 0.6) is 0 Å². The first-order chi connectivity index (χ1) is 15.6. The number of carbonyl (C=O) groups is 1. The molecule has 0 spiro atoms. The van der Waals surface area contributed by atoms with Crippen LogP contribution in [-0.2, 0) is 11.0 Å². The molecule has 2 N–H and O–H groups in total. The van der Waals surface area contributed by atoms with Crippen LogP contribution in [0, 0.1) is 16.0 Å². The Hall–Kier alpha value is -3.96. The molecule has 1 saturated heterocycles. The number of H-pyrrole nitrogens is 1. The molecule has 0 aliphatic carbocycles. The number of carbonyl (C=O) groups excluding carboxylic acids is 1. The first-order valence-electron chi connectivity index (χ1n) is 10.0. The monoisotopic (exact) mass is 461 g/mol. The zero-order valence-electron chi connectivity index (χ0n) is 17.1. The molecule has 4 rings (SSSR count). The third-order valence-corrected chi connectivity index (χ3v) is 5.61. The normalized spacial score (nSPS) is 14.9. The summed E-state index contributed by atoms with van der Waals surface area (Å²) >= 11 is 0. The Morgan fingerprint density at radius 3 is 2.58 bits per heavy atom. The van der Waals surface area contributed by atoms with Crippen molar-refractivity contribution in [1.29, 1.82) is 0 Å². The van der Waals surface area contributed by atoms with Gasteiger partial charge in [-0.3, -0.25) is 19.7 Å². The highest BCUT2D eigenvalue weighted by molar-refractivity contribution is 5.95. The molecule has 33 heavy (non-hydrogen) atoms. The summed E-state index contributed by atoms with van der Waals surface area (Å²) in [5.74, 6) is -0.658. The molecular formula is C21H18F3N5O4. The molecule has 0 saturated carbocycles. The van der Waals surface area contributed by atoms with E-state index < -0.39 is 28.3 Å². The topological polar surface area (TPSA) is 121 Å². The van der Waals surface area contributed by atoms with Crippen LogP contribution < -0.4 is 15.8 Å². The van der Waals surface area contributed by atoms with E-state index in [2.05, 4.69) is 15.3 Å². The number of halogens is 3. The zero-order valence-corrected chi connectivity index (χ0v) is 17.1. The fraction of sp³-hybridized carbons (Fsp3) is 0.286. The summed E-state index contributed by atoms with van der Waals surface area (Å²) in [7, 11) is 0. The van der Waals surface area contributed by atoms with Crippen molar-refractivity contribution in [2.75, 3.05) is 23.3 Å². The number of hydrogen-bond donors (Lipinski definition) is 2. The molecule has 9 nitrogen and oxygen atoms in total. The molecule has 2 heterocycles. The lowest BCUT2D eigenvalue weighted by molar-refractivity contribution is -0.384. The molecule has 0 unspecified atom stereocenters. The van der Waals surface area contributed by atoms with Crippen LogP contribution in [0.3, 0.4) is 0 Å². The van der Waals surface area contributed by atoms with Gasteiger partial charge in [0.05, 0.1) is 27.7 Å². The number of anilines is 2. The molecule has 3 aromatic rings. The van der Waals surface area contributed by atoms with Crippen LogP contribution in [0.2, 0.25) is 0 Å². The average molecular weight is 461 g/mol. The van der Waals surface area contributed by atoms with Gasteiger partial charge in [-0.15, -0.1) is 0 Å². The summed E-state index contributed by atoms with van der Waals surface area (Å²) in [5.41, 5.74) is -1.02. The van der Waals surface area contributed by atoms with Crippen LogP contribution in [0.1, 0.15) is 18.4 Å². The molecular weight excluding hydrogens is 443 g/mol. The van der Waals surface area contributed by atoms with Gasteiger partial charge in [-0.05, 0) is 43.2 Å². The largest absolute Gasteiger partial charge is 0.416 e. The van der Waals surface area contributed by atoms with Crippen molar-refractivity contribution < 1.29 is 22.9 Å². The molecule has 0 bridgehead atoms. The van der Waals surface area contributed by atoms with E-state index in [0.29, 0.717) is 35.5 Å². The van der Waals surface area contributed by atoms with E-state index in [4.69, 9.17) is 0 Å². The van der Waals surface area contributed by atoms with Crippen molar-refractivity contribution in [1.82, 2.24) is 9.97 Å². The van der Waals surface area contributed by atoms with Gasteiger partial charge in [0.15, 0.2) is 0 Å². The van der Waals surface area contributed by atoms with Gasteiger partial charge in [0.1, 0.15) is 5.69 Å². The Morgan fingerprint density at radius 1 is 1.18 bits per heavy atom. The first-order valence-corrected chi connectivity index (χ1v) is 10.0. The Morgan fingerprint density at radius 2 is 1.91 bits per heavy atom. The quantitative estimate of drug-likeness (QED) is 0.451. The van der Waals surface area contributed by atoms with Gasteiger partial charge in [-0.1, -0.05) is 0 Å². The molecule has 1 fully saturated rings. The number of hydrogen-bond acceptors (Lipinski definition) is 6. The van der Waals surface area contributed by atoms with Crippen LogP contribution in [0.15, 0.2) is 47.5 Å². The summed E-state index contributed by atoms with van der Waals surface area (Å²) in [4.78, 5) is 43.3. The second-order valence-electron chi connectivity index (χ2n) is 7.67. The number of nitrogens with one attached hydrogen (secondary N) is 2. The van der Waals surface area contributed by atoms with Gasteiger partial charge in [0.2, 0.25) is 5.91 Å². The van der Waals surface area contributed by atoms with Gasteiger partial charge >= 0.3 is 6.18 Å². The minimum absolute atomic E-state index is 0.0908. The second kappa shape index (κ2) is 8.52. The summed E-state index contributed by atoms with van der Waals surface area (Å²) in [6.45, 7) is 0.539. The minimum Gasteiger partial charge on any atom is -0.366 e. The maximum atomic E-state index is 12.9. The maximum absolute atomic E-state index is 12.9. The molecule has 0 atom stereocenters. The molecule has 1 amide bonds. The van der Waals surface area contributed by atoms with E-state index in [-0.39, 0.29) is 30.2 Å². The number of aromatic amines is 1. The van der Waals surface area contributed by atoms with Crippen molar-refractivity contribution in [3.63, 3.8) is 0 Å². The van der Waals surface area contributed by atoms with Crippen molar-refractivity contribution in [2.24, 2.45) is 5.92 Å². The van der Waals surface area contributed by atoms with Crippen molar-refractivity contribution in [3.8, 4) is 0 Å². The lowest BCUT2D eigenvalue weighted by Crippen LogP contribution is -2.38. The van der Waals surface area contributed by atoms with Crippen molar-refractivity contribution >= 4 is 33.9 Å². The highest BCUT2D eigenvalue weighted by atomic mass is 19.4. The van der Waals surface area contributed by atoms with Crippen LogP contribution >= 0.6 is 0 Å². The van der Waals surface area contributed by atoms with E-state index in [1.165, 1.54) is 12.4 Å². The number of nitro benzene ring substituents is 1. The highest BCUT2D eigenvalue weighted by Crippen LogP contribution is 2.37. The summed E-state index contributed by atoms with van der Waals surface area (Å²) in [6, 6.07) is 7.23. The summed E-state index contributed by atoms with van der Waals surface area (Å²) < 4.78 is 38.8. The number of fused-ring (bicyclic) bond motifs is 1. The van der Waals surface area contributed by atoms with E-state index in [1.54, 1.807) is 17.0 Å². The van der Waals surface area contributed by atoms with Gasteiger partial charge in [-0.2, -0.15) is 13.2 Å². The van der Waals surface area contributed by atoms with Gasteiger partial charge in [0, 0.05) is 30.8 Å². The van der Waals surface area contributed by atoms with E-state index in [0.717, 1.165) is 12.1 Å². The van der Waals surface area contributed by atoms with Gasteiger partial charge in [-0.25, -0.2) is 4.98 Å². The molecule has 1 aliphatic heterocycles. The Kier molecular flexibility index (Phi) is 5.75. The molecule has 1 aliphatic rings. The van der Waals surface area contributed by atoms with Gasteiger partial charge in [0.25, 0.3) is 11.2 Å². The van der Waals surface area contributed by atoms with E-state index >= 15 is 0 Å². The number of nitrogens with zero attached hydrogens (tertiary/aromatic N) is 3. The highest BCUT2D eigenvalue weighted by Gasteiger charge is 2.35. The predicted molar refractivity (Wildman–Crippen MR) is 114 cm³/mol. The minimum atomic E-state index is -4.68. The van der Waals surface area contributed by atoms with E-state index in [9.17, 15) is 32.9 Å². The maximum Gasteiger partial charge on any atom is 0.416 e. The van der Waals surface area contributed by atoms with Crippen LogP contribution in [0.25, 0.3) is 10.9 Å². The predicted octanol–water partition coefficient (Wildman–Crippen LogP) is 3.71. The van der Waals surface area contributed by atoms with E-state index in [1.807, 2.05) is 0 Å². The third kappa shape index (κ3) is 4.64. The Labute approximate surface area is 184 Å². The number of rotatable bonds is 4. The standard InChI is InChI=1S/C21H18F3N5O4/c22-21(23,24)13-1-4-17(18(9-13)29(32)33)28-7-5-12(6-8-28)19(30)27-14-2-3-16-15(10-14)20(31)26-11-25-16/h1-4,9-12H,5-8H2,(H,27,30)(H,25,26,31). The number of alkyl halides is 3. The average Bonchev–Trinajstić information content (AvgIpc) is 2.78. The molecule has 1 aromatic heterocycles.